The largest absolute Gasteiger partial charge is 0.313 e. The number of benzene rings is 1. The fourth-order valence-corrected chi connectivity index (χ4v) is 1.93. The van der Waals surface area contributed by atoms with Crippen molar-refractivity contribution in [3.05, 3.63) is 34.1 Å². The number of nitro groups is 1. The lowest BCUT2D eigenvalue weighted by Gasteiger charge is -2.27. The summed E-state index contributed by atoms with van der Waals surface area (Å²) in [5.74, 6) is -0.477. The molecule has 0 bridgehead atoms. The van der Waals surface area contributed by atoms with Crippen LogP contribution in [0.1, 0.15) is 19.3 Å². The highest BCUT2D eigenvalue weighted by atomic mass is 19.1. The molecule has 0 amide bonds. The van der Waals surface area contributed by atoms with Crippen LogP contribution in [0, 0.1) is 15.9 Å². The van der Waals surface area contributed by atoms with E-state index in [1.165, 1.54) is 12.5 Å². The van der Waals surface area contributed by atoms with Gasteiger partial charge in [-0.25, -0.2) is 9.40 Å². The number of hydrogen-bond donors (Lipinski definition) is 1. The quantitative estimate of drug-likeness (QED) is 0.650. The van der Waals surface area contributed by atoms with E-state index >= 15 is 0 Å². The van der Waals surface area contributed by atoms with Crippen LogP contribution in [0.3, 0.4) is 0 Å². The summed E-state index contributed by atoms with van der Waals surface area (Å²) >= 11 is 0. The summed E-state index contributed by atoms with van der Waals surface area (Å²) in [5.41, 5.74) is 3.04. The fourth-order valence-electron chi connectivity index (χ4n) is 1.93. The zero-order valence-corrected chi connectivity index (χ0v) is 9.36. The molecule has 1 heterocycles. The van der Waals surface area contributed by atoms with Gasteiger partial charge in [0.1, 0.15) is 11.5 Å². The van der Waals surface area contributed by atoms with Crippen LogP contribution >= 0.6 is 0 Å². The lowest BCUT2D eigenvalue weighted by atomic mass is 10.2. The van der Waals surface area contributed by atoms with E-state index in [9.17, 15) is 14.5 Å². The first kappa shape index (κ1) is 11.8. The van der Waals surface area contributed by atoms with E-state index in [-0.39, 0.29) is 11.4 Å². The number of nitro benzene ring substituents is 1. The second-order valence-electron chi connectivity index (χ2n) is 4.08. The van der Waals surface area contributed by atoms with Gasteiger partial charge in [-0.3, -0.25) is 10.1 Å². The molecule has 0 atom stereocenters. The van der Waals surface area contributed by atoms with Crippen molar-refractivity contribution >= 4 is 11.4 Å². The molecule has 1 N–H and O–H groups in total. The van der Waals surface area contributed by atoms with Gasteiger partial charge >= 0.3 is 0 Å². The Labute approximate surface area is 98.3 Å². The molecule has 1 saturated heterocycles. The summed E-state index contributed by atoms with van der Waals surface area (Å²) < 4.78 is 13.1. The molecule has 1 aliphatic heterocycles. The monoisotopic (exact) mass is 239 g/mol. The normalized spacial score (nSPS) is 16.8. The van der Waals surface area contributed by atoms with Gasteiger partial charge in [0.15, 0.2) is 0 Å². The zero-order valence-electron chi connectivity index (χ0n) is 9.36. The summed E-state index contributed by atoms with van der Waals surface area (Å²) in [6.45, 7) is 1.65. The average molecular weight is 239 g/mol. The molecule has 0 aromatic heterocycles. The third kappa shape index (κ3) is 2.91. The van der Waals surface area contributed by atoms with Crippen molar-refractivity contribution in [2.75, 3.05) is 18.5 Å². The highest BCUT2D eigenvalue weighted by Gasteiger charge is 2.17. The molecule has 5 nitrogen and oxygen atoms in total. The number of halogens is 1. The maximum absolute atomic E-state index is 13.1. The van der Waals surface area contributed by atoms with Crippen molar-refractivity contribution in [2.24, 2.45) is 0 Å². The van der Waals surface area contributed by atoms with Crippen LogP contribution in [0.15, 0.2) is 18.2 Å². The first-order valence-corrected chi connectivity index (χ1v) is 5.62. The van der Waals surface area contributed by atoms with E-state index in [1.807, 2.05) is 5.01 Å². The molecule has 0 radical (unpaired) electrons. The highest BCUT2D eigenvalue weighted by molar-refractivity contribution is 5.60. The average Bonchev–Trinajstić information content (AvgIpc) is 2.30. The summed E-state index contributed by atoms with van der Waals surface area (Å²) in [7, 11) is 0. The molecule has 1 aromatic rings. The predicted octanol–water partition coefficient (Wildman–Crippen LogP) is 2.55. The predicted molar refractivity (Wildman–Crippen MR) is 62.1 cm³/mol. The van der Waals surface area contributed by atoms with Gasteiger partial charge in [-0.15, -0.1) is 0 Å². The third-order valence-electron chi connectivity index (χ3n) is 2.79. The van der Waals surface area contributed by atoms with Gasteiger partial charge in [0.25, 0.3) is 5.69 Å². The van der Waals surface area contributed by atoms with E-state index in [2.05, 4.69) is 5.43 Å². The molecular weight excluding hydrogens is 225 g/mol. The van der Waals surface area contributed by atoms with Crippen LogP contribution in [0.2, 0.25) is 0 Å². The smallest absolute Gasteiger partial charge is 0.293 e. The Morgan fingerprint density at radius 1 is 1.29 bits per heavy atom. The maximum atomic E-state index is 13.1. The van der Waals surface area contributed by atoms with Crippen molar-refractivity contribution in [1.82, 2.24) is 5.01 Å². The lowest BCUT2D eigenvalue weighted by Crippen LogP contribution is -2.35. The topological polar surface area (TPSA) is 58.4 Å². The van der Waals surface area contributed by atoms with E-state index in [0.29, 0.717) is 0 Å². The Morgan fingerprint density at radius 2 is 2.00 bits per heavy atom. The van der Waals surface area contributed by atoms with Crippen LogP contribution in [0.4, 0.5) is 15.8 Å². The number of nitrogens with zero attached hydrogens (tertiary/aromatic N) is 2. The molecule has 2 rings (SSSR count). The summed E-state index contributed by atoms with van der Waals surface area (Å²) in [5, 5.41) is 12.7. The van der Waals surface area contributed by atoms with Crippen LogP contribution in [0.25, 0.3) is 0 Å². The fraction of sp³-hybridized carbons (Fsp3) is 0.455. The van der Waals surface area contributed by atoms with Gasteiger partial charge in [0.05, 0.1) is 4.92 Å². The molecule has 0 spiro atoms. The molecule has 1 aromatic carbocycles. The van der Waals surface area contributed by atoms with Gasteiger partial charge in [-0.1, -0.05) is 6.42 Å². The minimum atomic E-state index is -0.508. The Morgan fingerprint density at radius 3 is 2.65 bits per heavy atom. The molecule has 0 saturated carbocycles. The van der Waals surface area contributed by atoms with Gasteiger partial charge in [-0.05, 0) is 18.9 Å². The Bertz CT molecular complexity index is 419. The summed E-state index contributed by atoms with van der Waals surface area (Å²) in [4.78, 5) is 10.3. The first-order chi connectivity index (χ1) is 8.16. The first-order valence-electron chi connectivity index (χ1n) is 5.62. The molecule has 0 aliphatic carbocycles. The molecule has 0 unspecified atom stereocenters. The number of hydrazine groups is 1. The Hall–Kier alpha value is -1.69. The Kier molecular flexibility index (Phi) is 3.53. The minimum absolute atomic E-state index is 0.100. The molecule has 17 heavy (non-hydrogen) atoms. The number of piperidine rings is 1. The second-order valence-corrected chi connectivity index (χ2v) is 4.08. The van der Waals surface area contributed by atoms with Gasteiger partial charge in [0, 0.05) is 25.2 Å². The molecule has 92 valence electrons. The van der Waals surface area contributed by atoms with Crippen molar-refractivity contribution in [2.45, 2.75) is 19.3 Å². The van der Waals surface area contributed by atoms with Crippen LogP contribution in [0.5, 0.6) is 0 Å². The standard InChI is InChI=1S/C11H14FN3O2/c12-9-4-5-11(15(16)17)10(8-9)13-14-6-2-1-3-7-14/h4-5,8,13H,1-3,6-7H2. The second kappa shape index (κ2) is 5.09. The van der Waals surface area contributed by atoms with Crippen molar-refractivity contribution in [1.29, 1.82) is 0 Å². The zero-order chi connectivity index (χ0) is 12.3. The highest BCUT2D eigenvalue weighted by Crippen LogP contribution is 2.26. The molecular formula is C11H14FN3O2. The number of anilines is 1. The lowest BCUT2D eigenvalue weighted by molar-refractivity contribution is -0.384. The molecule has 1 aliphatic rings. The maximum Gasteiger partial charge on any atom is 0.293 e. The molecule has 6 heteroatoms. The SMILES string of the molecule is O=[N+]([O-])c1ccc(F)cc1NN1CCCCC1. The van der Waals surface area contributed by atoms with Crippen LogP contribution in [-0.2, 0) is 0 Å². The van der Waals surface area contributed by atoms with Gasteiger partial charge in [-0.2, -0.15) is 0 Å². The van der Waals surface area contributed by atoms with E-state index < -0.39 is 10.7 Å². The number of rotatable bonds is 3. The summed E-state index contributed by atoms with van der Waals surface area (Å²) in [6.07, 6.45) is 3.27. The van der Waals surface area contributed by atoms with Gasteiger partial charge < -0.3 is 5.43 Å². The molecule has 1 fully saturated rings. The van der Waals surface area contributed by atoms with Crippen molar-refractivity contribution in [3.63, 3.8) is 0 Å². The van der Waals surface area contributed by atoms with Crippen molar-refractivity contribution < 1.29 is 9.31 Å². The Balaban J connectivity index is 2.17. The van der Waals surface area contributed by atoms with E-state index in [4.69, 9.17) is 0 Å². The van der Waals surface area contributed by atoms with Crippen LogP contribution < -0.4 is 5.43 Å². The summed E-state index contributed by atoms with van der Waals surface area (Å²) in [6, 6.07) is 3.44. The van der Waals surface area contributed by atoms with Crippen LogP contribution in [-0.4, -0.2) is 23.0 Å². The number of hydrogen-bond acceptors (Lipinski definition) is 4. The van der Waals surface area contributed by atoms with Crippen molar-refractivity contribution in [3.8, 4) is 0 Å². The van der Waals surface area contributed by atoms with E-state index in [0.717, 1.165) is 38.1 Å². The van der Waals surface area contributed by atoms with E-state index in [1.54, 1.807) is 0 Å². The number of nitrogens with one attached hydrogen (secondary N) is 1. The minimum Gasteiger partial charge on any atom is -0.313 e. The van der Waals surface area contributed by atoms with Gasteiger partial charge in [0.2, 0.25) is 0 Å². The third-order valence-corrected chi connectivity index (χ3v) is 2.79.